The number of aromatic nitrogens is 3. The Morgan fingerprint density at radius 3 is 2.67 bits per heavy atom. The van der Waals surface area contributed by atoms with E-state index in [1.54, 1.807) is 17.4 Å². The van der Waals surface area contributed by atoms with Crippen LogP contribution in [-0.4, -0.2) is 20.3 Å². The maximum atomic E-state index is 12.6. The molecular formula is C18H22N4OS. The summed E-state index contributed by atoms with van der Waals surface area (Å²) < 4.78 is 5.07. The number of aryl methyl sites for hydroxylation is 3. The van der Waals surface area contributed by atoms with Crippen molar-refractivity contribution in [2.24, 2.45) is 4.99 Å². The van der Waals surface area contributed by atoms with Crippen LogP contribution in [0.5, 0.6) is 0 Å². The largest absolute Gasteiger partial charge is 0.317 e. The first-order valence-corrected chi connectivity index (χ1v) is 8.97. The molecule has 5 nitrogen and oxygen atoms in total. The molecule has 3 aromatic rings. The van der Waals surface area contributed by atoms with Crippen molar-refractivity contribution < 1.29 is 4.79 Å². The maximum absolute atomic E-state index is 12.6. The monoisotopic (exact) mass is 342 g/mol. The van der Waals surface area contributed by atoms with Crippen LogP contribution in [0.15, 0.2) is 29.3 Å². The average Bonchev–Trinajstić information content (AvgIpc) is 3.06. The van der Waals surface area contributed by atoms with Gasteiger partial charge in [-0.1, -0.05) is 17.4 Å². The van der Waals surface area contributed by atoms with Gasteiger partial charge in [-0.2, -0.15) is 10.1 Å². The summed E-state index contributed by atoms with van der Waals surface area (Å²) in [6, 6.07) is 8.33. The molecule has 2 aromatic heterocycles. The molecule has 0 spiro atoms. The summed E-state index contributed by atoms with van der Waals surface area (Å²) in [7, 11) is 0. The normalized spacial score (nSPS) is 12.5. The van der Waals surface area contributed by atoms with Crippen LogP contribution < -0.4 is 4.80 Å². The van der Waals surface area contributed by atoms with Crippen LogP contribution in [0.25, 0.3) is 10.2 Å². The van der Waals surface area contributed by atoms with Gasteiger partial charge in [-0.05, 0) is 58.4 Å². The van der Waals surface area contributed by atoms with Crippen LogP contribution in [0.2, 0.25) is 0 Å². The molecular weight excluding hydrogens is 320 g/mol. The molecule has 0 bridgehead atoms. The topological polar surface area (TPSA) is 52.2 Å². The Morgan fingerprint density at radius 1 is 1.29 bits per heavy atom. The van der Waals surface area contributed by atoms with Crippen LogP contribution >= 0.6 is 11.3 Å². The zero-order chi connectivity index (χ0) is 17.4. The molecule has 0 aliphatic heterocycles. The van der Waals surface area contributed by atoms with Crippen molar-refractivity contribution in [2.75, 3.05) is 0 Å². The molecule has 0 saturated heterocycles. The predicted octanol–water partition coefficient (Wildman–Crippen LogP) is 3.86. The fourth-order valence-electron chi connectivity index (χ4n) is 2.83. The fourth-order valence-corrected chi connectivity index (χ4v) is 4.02. The number of hydrogen-bond acceptors (Lipinski definition) is 3. The highest BCUT2D eigenvalue weighted by Crippen LogP contribution is 2.19. The summed E-state index contributed by atoms with van der Waals surface area (Å²) in [6.07, 6.45) is 0. The van der Waals surface area contributed by atoms with E-state index in [-0.39, 0.29) is 11.9 Å². The van der Waals surface area contributed by atoms with Crippen LogP contribution in [0.3, 0.4) is 0 Å². The SMILES string of the molecule is CCn1c(=NC(=O)c2cc(C)n(C(C)C)n2)sc2cc(C)ccc21. The molecule has 0 radical (unpaired) electrons. The molecule has 0 atom stereocenters. The van der Waals surface area contributed by atoms with Crippen molar-refractivity contribution in [3.8, 4) is 0 Å². The second-order valence-electron chi connectivity index (χ2n) is 6.23. The van der Waals surface area contributed by atoms with E-state index in [9.17, 15) is 4.79 Å². The zero-order valence-electron chi connectivity index (χ0n) is 14.7. The molecule has 6 heteroatoms. The molecule has 0 fully saturated rings. The number of carbonyl (C=O) groups excluding carboxylic acids is 1. The first kappa shape index (κ1) is 16.6. The van der Waals surface area contributed by atoms with Gasteiger partial charge in [0.15, 0.2) is 10.5 Å². The summed E-state index contributed by atoms with van der Waals surface area (Å²) in [5.41, 5.74) is 3.69. The standard InChI is InChI=1S/C18H22N4OS/c1-6-21-15-8-7-12(4)9-16(15)24-18(21)19-17(23)14-10-13(5)22(20-14)11(2)3/h7-11H,6H2,1-5H3. The van der Waals surface area contributed by atoms with E-state index in [0.717, 1.165) is 27.3 Å². The molecule has 0 unspecified atom stereocenters. The Labute approximate surface area is 145 Å². The third-order valence-corrected chi connectivity index (χ3v) is 5.02. The predicted molar refractivity (Wildman–Crippen MR) is 97.5 cm³/mol. The van der Waals surface area contributed by atoms with Gasteiger partial charge >= 0.3 is 0 Å². The highest BCUT2D eigenvalue weighted by molar-refractivity contribution is 7.16. The molecule has 0 saturated carbocycles. The van der Waals surface area contributed by atoms with E-state index in [2.05, 4.69) is 46.7 Å². The molecule has 1 aromatic carbocycles. The smallest absolute Gasteiger partial charge is 0.300 e. The van der Waals surface area contributed by atoms with Gasteiger partial charge < -0.3 is 4.57 Å². The Bertz CT molecular complexity index is 975. The minimum absolute atomic E-state index is 0.222. The van der Waals surface area contributed by atoms with Gasteiger partial charge in [0.2, 0.25) is 0 Å². The summed E-state index contributed by atoms with van der Waals surface area (Å²) in [4.78, 5) is 17.6. The molecule has 126 valence electrons. The number of nitrogens with zero attached hydrogens (tertiary/aromatic N) is 4. The highest BCUT2D eigenvalue weighted by atomic mass is 32.1. The maximum Gasteiger partial charge on any atom is 0.300 e. The van der Waals surface area contributed by atoms with Crippen molar-refractivity contribution in [3.05, 3.63) is 46.0 Å². The van der Waals surface area contributed by atoms with E-state index in [1.165, 1.54) is 5.56 Å². The lowest BCUT2D eigenvalue weighted by Crippen LogP contribution is -2.16. The number of carbonyl (C=O) groups is 1. The van der Waals surface area contributed by atoms with Crippen LogP contribution in [0.4, 0.5) is 0 Å². The van der Waals surface area contributed by atoms with E-state index in [1.807, 2.05) is 25.5 Å². The summed E-state index contributed by atoms with van der Waals surface area (Å²) in [5.74, 6) is -0.289. The molecule has 2 heterocycles. The first-order valence-electron chi connectivity index (χ1n) is 8.16. The van der Waals surface area contributed by atoms with E-state index in [4.69, 9.17) is 0 Å². The van der Waals surface area contributed by atoms with Gasteiger partial charge in [0.05, 0.1) is 10.2 Å². The first-order chi connectivity index (χ1) is 11.4. The van der Waals surface area contributed by atoms with Gasteiger partial charge in [0, 0.05) is 18.3 Å². The minimum atomic E-state index is -0.289. The molecule has 0 aliphatic rings. The molecule has 3 rings (SSSR count). The lowest BCUT2D eigenvalue weighted by molar-refractivity contribution is 0.0992. The average molecular weight is 342 g/mol. The van der Waals surface area contributed by atoms with E-state index >= 15 is 0 Å². The van der Waals surface area contributed by atoms with Gasteiger partial charge in [-0.15, -0.1) is 0 Å². The number of hydrogen-bond donors (Lipinski definition) is 0. The Balaban J connectivity index is 2.09. The quantitative estimate of drug-likeness (QED) is 0.726. The van der Waals surface area contributed by atoms with E-state index in [0.29, 0.717) is 5.69 Å². The number of amides is 1. The molecule has 0 N–H and O–H groups in total. The van der Waals surface area contributed by atoms with Crippen molar-refractivity contribution >= 4 is 27.5 Å². The summed E-state index contributed by atoms with van der Waals surface area (Å²) in [6.45, 7) is 11.0. The highest BCUT2D eigenvalue weighted by Gasteiger charge is 2.14. The summed E-state index contributed by atoms with van der Waals surface area (Å²) in [5, 5.41) is 4.40. The lowest BCUT2D eigenvalue weighted by atomic mass is 10.2. The van der Waals surface area contributed by atoms with Crippen molar-refractivity contribution in [1.82, 2.24) is 14.3 Å². The van der Waals surface area contributed by atoms with Gasteiger partial charge in [-0.3, -0.25) is 9.48 Å². The molecule has 1 amide bonds. The Morgan fingerprint density at radius 2 is 2.04 bits per heavy atom. The second-order valence-corrected chi connectivity index (χ2v) is 7.24. The number of rotatable bonds is 3. The third-order valence-electron chi connectivity index (χ3n) is 3.98. The van der Waals surface area contributed by atoms with Gasteiger partial charge in [-0.25, -0.2) is 0 Å². The lowest BCUT2D eigenvalue weighted by Gasteiger charge is -2.06. The van der Waals surface area contributed by atoms with Gasteiger partial charge in [0.25, 0.3) is 5.91 Å². The Kier molecular flexibility index (Phi) is 4.41. The second kappa shape index (κ2) is 6.36. The number of benzene rings is 1. The number of fused-ring (bicyclic) bond motifs is 1. The van der Waals surface area contributed by atoms with Crippen molar-refractivity contribution in [2.45, 2.75) is 47.2 Å². The third kappa shape index (κ3) is 2.94. The molecule has 24 heavy (non-hydrogen) atoms. The summed E-state index contributed by atoms with van der Waals surface area (Å²) >= 11 is 1.54. The Hall–Kier alpha value is -2.21. The van der Waals surface area contributed by atoms with E-state index < -0.39 is 0 Å². The molecule has 0 aliphatic carbocycles. The van der Waals surface area contributed by atoms with Crippen LogP contribution in [0.1, 0.15) is 48.6 Å². The van der Waals surface area contributed by atoms with Gasteiger partial charge in [0.1, 0.15) is 0 Å². The fraction of sp³-hybridized carbons (Fsp3) is 0.389. The van der Waals surface area contributed by atoms with Crippen LogP contribution in [-0.2, 0) is 6.54 Å². The minimum Gasteiger partial charge on any atom is -0.317 e. The van der Waals surface area contributed by atoms with Crippen molar-refractivity contribution in [1.29, 1.82) is 0 Å². The van der Waals surface area contributed by atoms with Crippen molar-refractivity contribution in [3.63, 3.8) is 0 Å². The zero-order valence-corrected chi connectivity index (χ0v) is 15.5. The number of thiazole rings is 1. The van der Waals surface area contributed by atoms with Crippen LogP contribution in [0, 0.1) is 13.8 Å².